The molecule has 22 heavy (non-hydrogen) atoms. The van der Waals surface area contributed by atoms with Gasteiger partial charge in [-0.2, -0.15) is 0 Å². The van der Waals surface area contributed by atoms with Gasteiger partial charge < -0.3 is 0 Å². The lowest BCUT2D eigenvalue weighted by molar-refractivity contribution is -0.384. The van der Waals surface area contributed by atoms with Crippen LogP contribution in [0.25, 0.3) is 0 Å². The summed E-state index contributed by atoms with van der Waals surface area (Å²) in [5, 5.41) is 10.6. The molecule has 0 aliphatic heterocycles. The number of unbranched alkanes of at least 4 members (excludes halogenated alkanes) is 1. The van der Waals surface area contributed by atoms with E-state index in [2.05, 4.69) is 23.8 Å². The lowest BCUT2D eigenvalue weighted by Crippen LogP contribution is -1.88. The Morgan fingerprint density at radius 1 is 1.18 bits per heavy atom. The standard InChI is InChI=1S/C18H16N2O2/c1-2-3-4-7-16-8-5-6-9-18(16)19-14-15-10-12-17(13-11-15)20(21)22/h5-6,8-14H,2-3H2,1H3. The Kier molecular flexibility index (Phi) is 5.44. The molecule has 0 aromatic heterocycles. The van der Waals surface area contributed by atoms with E-state index in [1.807, 2.05) is 24.3 Å². The Labute approximate surface area is 129 Å². The summed E-state index contributed by atoms with van der Waals surface area (Å²) in [6, 6.07) is 14.0. The Morgan fingerprint density at radius 3 is 2.59 bits per heavy atom. The Hall–Kier alpha value is -2.93. The molecule has 0 N–H and O–H groups in total. The number of hydrogen-bond donors (Lipinski definition) is 0. The predicted octanol–water partition coefficient (Wildman–Crippen LogP) is 4.50. The summed E-state index contributed by atoms with van der Waals surface area (Å²) in [5.74, 6) is 6.23. The number of aliphatic imine (C=N–C) groups is 1. The molecular formula is C18H16N2O2. The van der Waals surface area contributed by atoms with Gasteiger partial charge in [0.1, 0.15) is 0 Å². The van der Waals surface area contributed by atoms with E-state index in [0.29, 0.717) is 0 Å². The van der Waals surface area contributed by atoms with Crippen LogP contribution in [0.15, 0.2) is 53.5 Å². The number of nitro benzene ring substituents is 1. The zero-order valence-electron chi connectivity index (χ0n) is 12.3. The van der Waals surface area contributed by atoms with Crippen LogP contribution in [0.5, 0.6) is 0 Å². The molecule has 0 spiro atoms. The monoisotopic (exact) mass is 292 g/mol. The van der Waals surface area contributed by atoms with Crippen LogP contribution >= 0.6 is 0 Å². The van der Waals surface area contributed by atoms with Crippen LogP contribution in [0.2, 0.25) is 0 Å². The minimum absolute atomic E-state index is 0.0722. The third-order valence-corrected chi connectivity index (χ3v) is 2.96. The number of hydrogen-bond acceptors (Lipinski definition) is 3. The summed E-state index contributed by atoms with van der Waals surface area (Å²) in [6.07, 6.45) is 3.58. The second-order valence-electron chi connectivity index (χ2n) is 4.68. The van der Waals surface area contributed by atoms with Crippen LogP contribution < -0.4 is 0 Å². The Bertz CT molecular complexity index is 738. The molecule has 2 rings (SSSR count). The molecule has 110 valence electrons. The Balaban J connectivity index is 2.20. The van der Waals surface area contributed by atoms with Crippen molar-refractivity contribution in [2.24, 2.45) is 4.99 Å². The lowest BCUT2D eigenvalue weighted by atomic mass is 10.1. The summed E-state index contributed by atoms with van der Waals surface area (Å²) in [6.45, 7) is 2.09. The van der Waals surface area contributed by atoms with Gasteiger partial charge in [0, 0.05) is 24.8 Å². The summed E-state index contributed by atoms with van der Waals surface area (Å²) in [7, 11) is 0. The summed E-state index contributed by atoms with van der Waals surface area (Å²) >= 11 is 0. The van der Waals surface area contributed by atoms with E-state index in [4.69, 9.17) is 0 Å². The smallest absolute Gasteiger partial charge is 0.258 e. The molecule has 0 unspecified atom stereocenters. The first kappa shape index (κ1) is 15.5. The zero-order valence-corrected chi connectivity index (χ0v) is 12.3. The van der Waals surface area contributed by atoms with Gasteiger partial charge in [0.05, 0.1) is 16.2 Å². The molecule has 0 saturated carbocycles. The number of nitrogens with zero attached hydrogens (tertiary/aromatic N) is 2. The van der Waals surface area contributed by atoms with Crippen LogP contribution in [-0.2, 0) is 0 Å². The van der Waals surface area contributed by atoms with Crippen molar-refractivity contribution in [3.63, 3.8) is 0 Å². The normalized spacial score (nSPS) is 10.2. The maximum absolute atomic E-state index is 10.6. The second kappa shape index (κ2) is 7.75. The average Bonchev–Trinajstić information content (AvgIpc) is 2.54. The number of non-ortho nitro benzene ring substituents is 1. The van der Waals surface area contributed by atoms with Gasteiger partial charge in [0.25, 0.3) is 5.69 Å². The molecule has 0 aliphatic carbocycles. The van der Waals surface area contributed by atoms with Crippen LogP contribution in [0.3, 0.4) is 0 Å². The molecule has 0 saturated heterocycles. The van der Waals surface area contributed by atoms with Crippen LogP contribution in [0, 0.1) is 22.0 Å². The molecular weight excluding hydrogens is 276 g/mol. The van der Waals surface area contributed by atoms with Gasteiger partial charge in [0.2, 0.25) is 0 Å². The minimum atomic E-state index is -0.417. The first-order valence-corrected chi connectivity index (χ1v) is 7.07. The van der Waals surface area contributed by atoms with Crippen molar-refractivity contribution in [3.05, 3.63) is 69.8 Å². The molecule has 0 heterocycles. The molecule has 2 aromatic carbocycles. The van der Waals surface area contributed by atoms with Gasteiger partial charge >= 0.3 is 0 Å². The SMILES string of the molecule is CCCC#Cc1ccccc1N=Cc1ccc([N+](=O)[O-])cc1. The van der Waals surface area contributed by atoms with E-state index in [0.717, 1.165) is 29.7 Å². The first-order chi connectivity index (χ1) is 10.7. The molecule has 4 nitrogen and oxygen atoms in total. The highest BCUT2D eigenvalue weighted by Gasteiger charge is 2.02. The topological polar surface area (TPSA) is 55.5 Å². The quantitative estimate of drug-likeness (QED) is 0.360. The van der Waals surface area contributed by atoms with Crippen molar-refractivity contribution in [3.8, 4) is 11.8 Å². The van der Waals surface area contributed by atoms with Crippen LogP contribution in [0.1, 0.15) is 30.9 Å². The highest BCUT2D eigenvalue weighted by atomic mass is 16.6. The van der Waals surface area contributed by atoms with Crippen molar-refractivity contribution in [2.45, 2.75) is 19.8 Å². The number of benzene rings is 2. The largest absolute Gasteiger partial charge is 0.269 e. The van der Waals surface area contributed by atoms with E-state index in [9.17, 15) is 10.1 Å². The van der Waals surface area contributed by atoms with Gasteiger partial charge in [-0.3, -0.25) is 15.1 Å². The maximum atomic E-state index is 10.6. The summed E-state index contributed by atoms with van der Waals surface area (Å²) in [5.41, 5.74) is 2.56. The van der Waals surface area contributed by atoms with Gasteiger partial charge in [0.15, 0.2) is 0 Å². The zero-order chi connectivity index (χ0) is 15.8. The van der Waals surface area contributed by atoms with Gasteiger partial charge in [-0.1, -0.05) is 30.9 Å². The van der Waals surface area contributed by atoms with Crippen molar-refractivity contribution in [1.82, 2.24) is 0 Å². The predicted molar refractivity (Wildman–Crippen MR) is 88.6 cm³/mol. The van der Waals surface area contributed by atoms with Crippen molar-refractivity contribution < 1.29 is 4.92 Å². The summed E-state index contributed by atoms with van der Waals surface area (Å²) in [4.78, 5) is 14.6. The molecule has 0 radical (unpaired) electrons. The highest BCUT2D eigenvalue weighted by molar-refractivity contribution is 5.83. The summed E-state index contributed by atoms with van der Waals surface area (Å²) < 4.78 is 0. The number of para-hydroxylation sites is 1. The maximum Gasteiger partial charge on any atom is 0.269 e. The van der Waals surface area contributed by atoms with Crippen LogP contribution in [0.4, 0.5) is 11.4 Å². The molecule has 4 heteroatoms. The molecule has 0 aliphatic rings. The molecule has 0 fully saturated rings. The average molecular weight is 292 g/mol. The van der Waals surface area contributed by atoms with E-state index in [-0.39, 0.29) is 5.69 Å². The second-order valence-corrected chi connectivity index (χ2v) is 4.68. The fraction of sp³-hybridized carbons (Fsp3) is 0.167. The fourth-order valence-electron chi connectivity index (χ4n) is 1.80. The van der Waals surface area contributed by atoms with Crippen molar-refractivity contribution in [2.75, 3.05) is 0 Å². The lowest BCUT2D eigenvalue weighted by Gasteiger charge is -1.98. The third-order valence-electron chi connectivity index (χ3n) is 2.96. The molecule has 0 atom stereocenters. The highest BCUT2D eigenvalue weighted by Crippen LogP contribution is 2.18. The molecule has 0 bridgehead atoms. The molecule has 0 amide bonds. The van der Waals surface area contributed by atoms with Crippen molar-refractivity contribution >= 4 is 17.6 Å². The van der Waals surface area contributed by atoms with E-state index >= 15 is 0 Å². The third kappa shape index (κ3) is 4.29. The van der Waals surface area contributed by atoms with Gasteiger partial charge in [-0.15, -0.1) is 0 Å². The van der Waals surface area contributed by atoms with E-state index in [1.165, 1.54) is 12.1 Å². The van der Waals surface area contributed by atoms with Crippen LogP contribution in [-0.4, -0.2) is 11.1 Å². The van der Waals surface area contributed by atoms with E-state index < -0.39 is 4.92 Å². The minimum Gasteiger partial charge on any atom is -0.258 e. The van der Waals surface area contributed by atoms with Crippen molar-refractivity contribution in [1.29, 1.82) is 0 Å². The molecule has 2 aromatic rings. The van der Waals surface area contributed by atoms with E-state index in [1.54, 1.807) is 18.3 Å². The fourth-order valence-corrected chi connectivity index (χ4v) is 1.80. The number of nitro groups is 1. The number of rotatable bonds is 4. The first-order valence-electron chi connectivity index (χ1n) is 7.07. The van der Waals surface area contributed by atoms with Gasteiger partial charge in [-0.05, 0) is 36.2 Å². The Morgan fingerprint density at radius 2 is 1.91 bits per heavy atom. The van der Waals surface area contributed by atoms with Gasteiger partial charge in [-0.25, -0.2) is 0 Å².